The molecule has 0 aliphatic carbocycles. The zero-order valence-electron chi connectivity index (χ0n) is 10.2. The maximum Gasteiger partial charge on any atom is 0.255 e. The van der Waals surface area contributed by atoms with Gasteiger partial charge in [-0.25, -0.2) is 4.39 Å². The number of carbonyl (C=O) groups excluding carboxylic acids is 1. The van der Waals surface area contributed by atoms with Gasteiger partial charge in [-0.1, -0.05) is 11.6 Å². The molecule has 0 atom stereocenters. The fourth-order valence-electron chi connectivity index (χ4n) is 1.62. The van der Waals surface area contributed by atoms with Gasteiger partial charge >= 0.3 is 0 Å². The number of hydrogen-bond donors (Lipinski definition) is 2. The maximum absolute atomic E-state index is 13.1. The van der Waals surface area contributed by atoms with Gasteiger partial charge in [-0.15, -0.1) is 0 Å². The average Bonchev–Trinajstić information content (AvgIpc) is 2.37. The minimum atomic E-state index is -0.492. The molecule has 0 unspecified atom stereocenters. The molecule has 0 aromatic heterocycles. The second kappa shape index (κ2) is 5.71. The molecule has 0 saturated carbocycles. The van der Waals surface area contributed by atoms with Gasteiger partial charge in [0.15, 0.2) is 0 Å². The van der Waals surface area contributed by atoms with E-state index in [0.29, 0.717) is 11.3 Å². The van der Waals surface area contributed by atoms with Crippen LogP contribution in [0.25, 0.3) is 0 Å². The monoisotopic (exact) mass is 278 g/mol. The highest BCUT2D eigenvalue weighted by molar-refractivity contribution is 6.31. The molecular weight excluding hydrogens is 267 g/mol. The topological polar surface area (TPSA) is 41.1 Å². The van der Waals surface area contributed by atoms with E-state index in [-0.39, 0.29) is 10.9 Å². The summed E-state index contributed by atoms with van der Waals surface area (Å²) in [4.78, 5) is 11.9. The number of carbonyl (C=O) groups is 1. The van der Waals surface area contributed by atoms with Crippen LogP contribution in [0.3, 0.4) is 0 Å². The molecule has 2 aromatic rings. The first kappa shape index (κ1) is 13.4. The summed E-state index contributed by atoms with van der Waals surface area (Å²) in [7, 11) is 1.80. The molecule has 0 fully saturated rings. The van der Waals surface area contributed by atoms with Crippen LogP contribution in [0.2, 0.25) is 5.02 Å². The first-order valence-corrected chi connectivity index (χ1v) is 6.01. The van der Waals surface area contributed by atoms with Crippen molar-refractivity contribution in [1.82, 2.24) is 0 Å². The van der Waals surface area contributed by atoms with Gasteiger partial charge in [0, 0.05) is 29.0 Å². The van der Waals surface area contributed by atoms with Crippen molar-refractivity contribution in [3.05, 3.63) is 58.9 Å². The first-order chi connectivity index (χ1) is 9.08. The molecule has 0 heterocycles. The Morgan fingerprint density at radius 1 is 1.11 bits per heavy atom. The van der Waals surface area contributed by atoms with E-state index in [1.165, 1.54) is 18.2 Å². The highest BCUT2D eigenvalue weighted by Gasteiger charge is 2.07. The van der Waals surface area contributed by atoms with Crippen molar-refractivity contribution in [2.24, 2.45) is 0 Å². The summed E-state index contributed by atoms with van der Waals surface area (Å²) in [6.45, 7) is 0. The lowest BCUT2D eigenvalue weighted by Gasteiger charge is -2.07. The SMILES string of the molecule is CNc1ccc(C(=O)Nc2cc(F)cc(Cl)c2)cc1. The summed E-state index contributed by atoms with van der Waals surface area (Å²) in [5.41, 5.74) is 1.72. The van der Waals surface area contributed by atoms with Crippen LogP contribution in [-0.2, 0) is 0 Å². The second-order valence-corrected chi connectivity index (χ2v) is 4.38. The number of nitrogens with one attached hydrogen (secondary N) is 2. The van der Waals surface area contributed by atoms with Crippen LogP contribution in [0.15, 0.2) is 42.5 Å². The number of anilines is 2. The van der Waals surface area contributed by atoms with Crippen molar-refractivity contribution in [3.63, 3.8) is 0 Å². The normalized spacial score (nSPS) is 10.1. The summed E-state index contributed by atoms with van der Waals surface area (Å²) in [6, 6.07) is 10.8. The number of hydrogen-bond acceptors (Lipinski definition) is 2. The van der Waals surface area contributed by atoms with Gasteiger partial charge in [-0.2, -0.15) is 0 Å². The maximum atomic E-state index is 13.1. The van der Waals surface area contributed by atoms with Crippen molar-refractivity contribution < 1.29 is 9.18 Å². The second-order valence-electron chi connectivity index (χ2n) is 3.94. The highest BCUT2D eigenvalue weighted by Crippen LogP contribution is 2.19. The summed E-state index contributed by atoms with van der Waals surface area (Å²) in [5.74, 6) is -0.808. The Bertz CT molecular complexity index is 579. The third kappa shape index (κ3) is 3.45. The van der Waals surface area contributed by atoms with Crippen LogP contribution in [0.4, 0.5) is 15.8 Å². The highest BCUT2D eigenvalue weighted by atomic mass is 35.5. The molecule has 0 spiro atoms. The van der Waals surface area contributed by atoms with E-state index in [1.54, 1.807) is 31.3 Å². The van der Waals surface area contributed by atoms with Gasteiger partial charge in [-0.05, 0) is 42.5 Å². The van der Waals surface area contributed by atoms with Gasteiger partial charge in [0.25, 0.3) is 5.91 Å². The van der Waals surface area contributed by atoms with Crippen molar-refractivity contribution >= 4 is 28.9 Å². The number of benzene rings is 2. The van der Waals surface area contributed by atoms with Crippen molar-refractivity contribution in [2.75, 3.05) is 17.7 Å². The van der Waals surface area contributed by atoms with Gasteiger partial charge in [0.05, 0.1) is 0 Å². The Labute approximate surface area is 115 Å². The largest absolute Gasteiger partial charge is 0.388 e. The molecule has 0 saturated heterocycles. The van der Waals surface area contributed by atoms with Gasteiger partial charge in [0.2, 0.25) is 0 Å². The van der Waals surface area contributed by atoms with Crippen molar-refractivity contribution in [1.29, 1.82) is 0 Å². The lowest BCUT2D eigenvalue weighted by Crippen LogP contribution is -2.12. The zero-order chi connectivity index (χ0) is 13.8. The first-order valence-electron chi connectivity index (χ1n) is 5.64. The molecule has 0 aliphatic heterocycles. The minimum Gasteiger partial charge on any atom is -0.388 e. The molecule has 0 bridgehead atoms. The van der Waals surface area contributed by atoms with E-state index in [2.05, 4.69) is 10.6 Å². The lowest BCUT2D eigenvalue weighted by atomic mass is 10.2. The fourth-order valence-corrected chi connectivity index (χ4v) is 1.84. The molecule has 2 aromatic carbocycles. The number of halogens is 2. The van der Waals surface area contributed by atoms with Crippen molar-refractivity contribution in [2.45, 2.75) is 0 Å². The lowest BCUT2D eigenvalue weighted by molar-refractivity contribution is 0.102. The zero-order valence-corrected chi connectivity index (χ0v) is 11.0. The van der Waals surface area contributed by atoms with Gasteiger partial charge in [-0.3, -0.25) is 4.79 Å². The van der Waals surface area contributed by atoms with Crippen molar-refractivity contribution in [3.8, 4) is 0 Å². The predicted octanol–water partition coefficient (Wildman–Crippen LogP) is 3.77. The summed E-state index contributed by atoms with van der Waals surface area (Å²) in [6.07, 6.45) is 0. The minimum absolute atomic E-state index is 0.237. The third-order valence-electron chi connectivity index (χ3n) is 2.56. The molecule has 2 N–H and O–H groups in total. The smallest absolute Gasteiger partial charge is 0.255 e. The van der Waals surface area contributed by atoms with Crippen LogP contribution in [-0.4, -0.2) is 13.0 Å². The van der Waals surface area contributed by atoms with E-state index in [9.17, 15) is 9.18 Å². The molecule has 1 amide bonds. The molecular formula is C14H12ClFN2O. The summed E-state index contributed by atoms with van der Waals surface area (Å²) < 4.78 is 13.1. The van der Waals surface area contributed by atoms with Gasteiger partial charge in [0.1, 0.15) is 5.82 Å². The van der Waals surface area contributed by atoms with E-state index in [1.807, 2.05) is 0 Å². The van der Waals surface area contributed by atoms with E-state index >= 15 is 0 Å². The van der Waals surface area contributed by atoms with E-state index < -0.39 is 5.82 Å². The Balaban J connectivity index is 2.15. The number of amides is 1. The Morgan fingerprint density at radius 3 is 2.37 bits per heavy atom. The van der Waals surface area contributed by atoms with Crippen LogP contribution >= 0.6 is 11.6 Å². The quantitative estimate of drug-likeness (QED) is 0.897. The Morgan fingerprint density at radius 2 is 1.79 bits per heavy atom. The van der Waals surface area contributed by atoms with Gasteiger partial charge < -0.3 is 10.6 Å². The molecule has 5 heteroatoms. The molecule has 0 radical (unpaired) electrons. The molecule has 98 valence electrons. The fraction of sp³-hybridized carbons (Fsp3) is 0.0714. The molecule has 19 heavy (non-hydrogen) atoms. The number of rotatable bonds is 3. The van der Waals surface area contributed by atoms with Crippen LogP contribution in [0.5, 0.6) is 0 Å². The van der Waals surface area contributed by atoms with Crippen LogP contribution in [0, 0.1) is 5.82 Å². The van der Waals surface area contributed by atoms with E-state index in [0.717, 1.165) is 5.69 Å². The Hall–Kier alpha value is -2.07. The Kier molecular flexibility index (Phi) is 4.02. The third-order valence-corrected chi connectivity index (χ3v) is 2.77. The summed E-state index contributed by atoms with van der Waals surface area (Å²) in [5, 5.41) is 5.79. The summed E-state index contributed by atoms with van der Waals surface area (Å²) >= 11 is 5.72. The standard InChI is InChI=1S/C14H12ClFN2O/c1-17-12-4-2-9(3-5-12)14(19)18-13-7-10(15)6-11(16)8-13/h2-8,17H,1H3,(H,18,19). The van der Waals surface area contributed by atoms with Crippen LogP contribution in [0.1, 0.15) is 10.4 Å². The average molecular weight is 279 g/mol. The van der Waals surface area contributed by atoms with Crippen LogP contribution < -0.4 is 10.6 Å². The molecule has 3 nitrogen and oxygen atoms in total. The predicted molar refractivity (Wildman–Crippen MR) is 75.4 cm³/mol. The molecule has 2 rings (SSSR count). The molecule has 0 aliphatic rings. The van der Waals surface area contributed by atoms with E-state index in [4.69, 9.17) is 11.6 Å².